The van der Waals surface area contributed by atoms with Crippen LogP contribution in [0, 0.1) is 19.7 Å². The highest BCUT2D eigenvalue weighted by Gasteiger charge is 2.19. The molecule has 0 spiro atoms. The molecule has 4 rings (SSSR count). The van der Waals surface area contributed by atoms with Crippen LogP contribution in [0.3, 0.4) is 0 Å². The molecule has 144 valence electrons. The maximum absolute atomic E-state index is 13.4. The summed E-state index contributed by atoms with van der Waals surface area (Å²) in [5.41, 5.74) is 4.20. The average molecular weight is 386 g/mol. The summed E-state index contributed by atoms with van der Waals surface area (Å²) in [7, 11) is 0. The second-order valence-corrected chi connectivity index (χ2v) is 6.78. The number of para-hydroxylation sites is 1. The summed E-state index contributed by atoms with van der Waals surface area (Å²) in [5, 5.41) is 7.27. The van der Waals surface area contributed by atoms with E-state index in [4.69, 9.17) is 0 Å². The number of rotatable bonds is 4. The molecular formula is C23H19FN4O. The number of hydrogen-bond acceptors (Lipinski definition) is 3. The Morgan fingerprint density at radius 2 is 1.62 bits per heavy atom. The highest BCUT2D eigenvalue weighted by Crippen LogP contribution is 2.24. The van der Waals surface area contributed by atoms with Gasteiger partial charge in [0, 0.05) is 11.3 Å². The molecule has 0 aliphatic heterocycles. The Balaban J connectivity index is 1.76. The van der Waals surface area contributed by atoms with Gasteiger partial charge in [-0.1, -0.05) is 35.9 Å². The fourth-order valence-corrected chi connectivity index (χ4v) is 2.99. The molecule has 1 N–H and O–H groups in total. The predicted molar refractivity (Wildman–Crippen MR) is 111 cm³/mol. The number of halogens is 1. The van der Waals surface area contributed by atoms with Gasteiger partial charge in [0.25, 0.3) is 5.91 Å². The van der Waals surface area contributed by atoms with E-state index in [1.807, 2.05) is 62.4 Å². The molecule has 29 heavy (non-hydrogen) atoms. The first-order valence-electron chi connectivity index (χ1n) is 9.18. The van der Waals surface area contributed by atoms with E-state index in [1.165, 1.54) is 12.1 Å². The van der Waals surface area contributed by atoms with Gasteiger partial charge in [0.05, 0.1) is 5.69 Å². The molecule has 0 atom stereocenters. The number of nitrogens with zero attached hydrogens (tertiary/aromatic N) is 3. The summed E-state index contributed by atoms with van der Waals surface area (Å²) in [6.45, 7) is 3.93. The maximum atomic E-state index is 13.4. The van der Waals surface area contributed by atoms with Crippen molar-refractivity contribution in [3.05, 3.63) is 95.6 Å². The van der Waals surface area contributed by atoms with Gasteiger partial charge in [-0.05, 0) is 61.9 Å². The lowest BCUT2D eigenvalue weighted by Gasteiger charge is -2.08. The highest BCUT2D eigenvalue weighted by molar-refractivity contribution is 6.01. The van der Waals surface area contributed by atoms with E-state index in [-0.39, 0.29) is 11.6 Å². The van der Waals surface area contributed by atoms with Crippen molar-refractivity contribution in [3.63, 3.8) is 0 Å². The van der Waals surface area contributed by atoms with Crippen LogP contribution in [-0.2, 0) is 0 Å². The van der Waals surface area contributed by atoms with E-state index in [9.17, 15) is 9.18 Å². The Morgan fingerprint density at radius 3 is 2.31 bits per heavy atom. The Bertz CT molecular complexity index is 1160. The van der Waals surface area contributed by atoms with Crippen LogP contribution in [0.5, 0.6) is 0 Å². The molecule has 0 fully saturated rings. The van der Waals surface area contributed by atoms with Crippen molar-refractivity contribution >= 4 is 11.6 Å². The van der Waals surface area contributed by atoms with E-state index < -0.39 is 5.91 Å². The molecule has 1 amide bonds. The number of benzene rings is 3. The molecule has 3 aromatic carbocycles. The average Bonchev–Trinajstić information content (AvgIpc) is 3.16. The summed E-state index contributed by atoms with van der Waals surface area (Å²) >= 11 is 0. The minimum Gasteiger partial charge on any atom is -0.319 e. The number of aryl methyl sites for hydroxylation is 2. The van der Waals surface area contributed by atoms with Gasteiger partial charge in [0.1, 0.15) is 5.82 Å². The van der Waals surface area contributed by atoms with Crippen molar-refractivity contribution in [2.45, 2.75) is 13.8 Å². The molecule has 4 aromatic rings. The monoisotopic (exact) mass is 386 g/mol. The number of amides is 1. The van der Waals surface area contributed by atoms with E-state index in [0.717, 1.165) is 16.8 Å². The van der Waals surface area contributed by atoms with E-state index >= 15 is 0 Å². The zero-order valence-electron chi connectivity index (χ0n) is 16.1. The normalized spacial score (nSPS) is 10.7. The first-order chi connectivity index (χ1) is 14.0. The Hall–Kier alpha value is -3.80. The number of aromatic nitrogens is 3. The quantitative estimate of drug-likeness (QED) is 0.540. The highest BCUT2D eigenvalue weighted by atomic mass is 19.1. The van der Waals surface area contributed by atoms with Crippen LogP contribution in [-0.4, -0.2) is 20.7 Å². The van der Waals surface area contributed by atoms with Crippen molar-refractivity contribution in [2.75, 3.05) is 5.32 Å². The van der Waals surface area contributed by atoms with Gasteiger partial charge < -0.3 is 5.32 Å². The van der Waals surface area contributed by atoms with Gasteiger partial charge in [-0.25, -0.2) is 14.1 Å². The van der Waals surface area contributed by atoms with Crippen LogP contribution in [0.25, 0.3) is 17.1 Å². The minimum absolute atomic E-state index is 0.0353. The predicted octanol–water partition coefficient (Wildman–Crippen LogP) is 4.94. The molecule has 0 radical (unpaired) electrons. The third kappa shape index (κ3) is 3.91. The van der Waals surface area contributed by atoms with Crippen molar-refractivity contribution in [2.24, 2.45) is 0 Å². The lowest BCUT2D eigenvalue weighted by atomic mass is 10.1. The second kappa shape index (κ2) is 7.67. The minimum atomic E-state index is -0.412. The number of nitrogens with one attached hydrogen (secondary N) is 1. The molecule has 0 aliphatic rings. The van der Waals surface area contributed by atoms with Crippen LogP contribution in [0.2, 0.25) is 0 Å². The van der Waals surface area contributed by atoms with Gasteiger partial charge in [-0.2, -0.15) is 0 Å². The van der Waals surface area contributed by atoms with Crippen molar-refractivity contribution in [1.29, 1.82) is 0 Å². The molecule has 1 heterocycles. The smallest absolute Gasteiger partial charge is 0.295 e. The van der Waals surface area contributed by atoms with Crippen molar-refractivity contribution in [1.82, 2.24) is 14.8 Å². The Morgan fingerprint density at radius 1 is 0.931 bits per heavy atom. The molecule has 5 nitrogen and oxygen atoms in total. The van der Waals surface area contributed by atoms with Gasteiger partial charge in [-0.3, -0.25) is 4.79 Å². The fourth-order valence-electron chi connectivity index (χ4n) is 2.99. The summed E-state index contributed by atoms with van der Waals surface area (Å²) in [6, 6.07) is 21.1. The number of carbonyl (C=O) groups excluding carboxylic acids is 1. The summed E-state index contributed by atoms with van der Waals surface area (Å²) in [5.74, 6) is -0.251. The maximum Gasteiger partial charge on any atom is 0.295 e. The Kier molecular flexibility index (Phi) is 4.91. The lowest BCUT2D eigenvalue weighted by molar-refractivity contribution is 0.101. The molecule has 0 saturated carbocycles. The number of hydrogen-bond donors (Lipinski definition) is 1. The van der Waals surface area contributed by atoms with Crippen LogP contribution in [0.4, 0.5) is 10.1 Å². The molecule has 6 heteroatoms. The van der Waals surface area contributed by atoms with Gasteiger partial charge >= 0.3 is 0 Å². The van der Waals surface area contributed by atoms with Crippen LogP contribution < -0.4 is 5.32 Å². The third-order valence-corrected chi connectivity index (χ3v) is 4.57. The fraction of sp³-hybridized carbons (Fsp3) is 0.0870. The third-order valence-electron chi connectivity index (χ3n) is 4.57. The summed E-state index contributed by atoms with van der Waals surface area (Å²) in [6.07, 6.45) is 0. The number of anilines is 1. The SMILES string of the molecule is Cc1ccc(NC(=O)c2nc(-c3ccc(F)cc3)n(-c3ccccc3C)n2)cc1. The van der Waals surface area contributed by atoms with Crippen molar-refractivity contribution < 1.29 is 9.18 Å². The number of carbonyl (C=O) groups is 1. The van der Waals surface area contributed by atoms with Gasteiger partial charge in [0.15, 0.2) is 5.82 Å². The van der Waals surface area contributed by atoms with Gasteiger partial charge in [0.2, 0.25) is 5.82 Å². The molecule has 1 aromatic heterocycles. The largest absolute Gasteiger partial charge is 0.319 e. The topological polar surface area (TPSA) is 59.8 Å². The van der Waals surface area contributed by atoms with E-state index in [0.29, 0.717) is 17.1 Å². The van der Waals surface area contributed by atoms with E-state index in [2.05, 4.69) is 15.4 Å². The molecule has 0 saturated heterocycles. The zero-order chi connectivity index (χ0) is 20.4. The zero-order valence-corrected chi connectivity index (χ0v) is 16.1. The van der Waals surface area contributed by atoms with E-state index in [1.54, 1.807) is 16.8 Å². The molecule has 0 bridgehead atoms. The van der Waals surface area contributed by atoms with Crippen LogP contribution in [0.15, 0.2) is 72.8 Å². The standard InChI is InChI=1S/C23H19FN4O/c1-15-7-13-19(14-8-15)25-23(29)21-26-22(17-9-11-18(24)12-10-17)28(27-21)20-6-4-3-5-16(20)2/h3-14H,1-2H3,(H,25,29). The first kappa shape index (κ1) is 18.6. The lowest BCUT2D eigenvalue weighted by Crippen LogP contribution is -2.14. The summed E-state index contributed by atoms with van der Waals surface area (Å²) in [4.78, 5) is 17.2. The first-order valence-corrected chi connectivity index (χ1v) is 9.18. The molecular weight excluding hydrogens is 367 g/mol. The summed E-state index contributed by atoms with van der Waals surface area (Å²) < 4.78 is 15.0. The van der Waals surface area contributed by atoms with Gasteiger partial charge in [-0.15, -0.1) is 5.10 Å². The molecule has 0 aliphatic carbocycles. The Labute approximate surface area is 167 Å². The van der Waals surface area contributed by atoms with Crippen molar-refractivity contribution in [3.8, 4) is 17.1 Å². The second-order valence-electron chi connectivity index (χ2n) is 6.78. The van der Waals surface area contributed by atoms with Crippen LogP contribution >= 0.6 is 0 Å². The molecule has 0 unspecified atom stereocenters. The van der Waals surface area contributed by atoms with Crippen LogP contribution in [0.1, 0.15) is 21.7 Å².